The normalized spacial score (nSPS) is 14.0. The Balaban J connectivity index is 1.36. The Morgan fingerprint density at radius 1 is 0.340 bits per heavy atom. The summed E-state index contributed by atoms with van der Waals surface area (Å²) >= 11 is 0. The van der Waals surface area contributed by atoms with Gasteiger partial charge >= 0.3 is 0 Å². The van der Waals surface area contributed by atoms with E-state index < -0.39 is 0 Å². The van der Waals surface area contributed by atoms with E-state index in [9.17, 15) is 0 Å². The minimum Gasteiger partial charge on any atom is -0.0622 e. The third kappa shape index (κ3) is 4.30. The molecule has 0 heteroatoms. The van der Waals surface area contributed by atoms with Crippen LogP contribution in [-0.4, -0.2) is 0 Å². The van der Waals surface area contributed by atoms with Gasteiger partial charge in [0.2, 0.25) is 0 Å². The fraction of sp³-hybridized carbons (Fsp3) is 0.170. The molecule has 0 radical (unpaired) electrons. The lowest BCUT2D eigenvalue weighted by Gasteiger charge is -2.53. The number of rotatable bonds is 2. The summed E-state index contributed by atoms with van der Waals surface area (Å²) in [6.07, 6.45) is 0. The lowest BCUT2D eigenvalue weighted by atomic mass is 9.49. The molecule has 10 rings (SSSR count). The number of fused-ring (bicyclic) bond motifs is 11. The summed E-state index contributed by atoms with van der Waals surface area (Å²) in [6, 6.07) is 59.4. The smallest absolute Gasteiger partial charge is 0.0318 e. The maximum Gasteiger partial charge on any atom is 0.0318 e. The summed E-state index contributed by atoms with van der Waals surface area (Å²) in [5.74, 6) is 0. The van der Waals surface area contributed by atoms with Gasteiger partial charge in [-0.2, -0.15) is 0 Å². The van der Waals surface area contributed by atoms with Crippen LogP contribution in [0.4, 0.5) is 0 Å². The maximum atomic E-state index is 2.53. The molecule has 0 bridgehead atoms. The molecule has 1 aliphatic rings. The largest absolute Gasteiger partial charge is 0.0622 e. The second-order valence-electron chi connectivity index (χ2n) is 17.3. The van der Waals surface area contributed by atoms with Crippen molar-refractivity contribution < 1.29 is 0 Å². The Morgan fingerprint density at radius 2 is 0.792 bits per heavy atom. The molecule has 0 N–H and O–H groups in total. The first-order valence-corrected chi connectivity index (χ1v) is 19.1. The topological polar surface area (TPSA) is 0 Å². The van der Waals surface area contributed by atoms with Crippen LogP contribution in [0, 0.1) is 10.8 Å². The maximum absolute atomic E-state index is 2.53. The highest BCUT2D eigenvalue weighted by Crippen LogP contribution is 2.67. The highest BCUT2D eigenvalue weighted by molar-refractivity contribution is 6.24. The average molecular weight is 681 g/mol. The quantitative estimate of drug-likeness (QED) is 0.126. The highest BCUT2D eigenvalue weighted by Gasteiger charge is 2.58. The predicted octanol–water partition coefficient (Wildman–Crippen LogP) is 15.1. The molecule has 0 unspecified atom stereocenters. The van der Waals surface area contributed by atoms with Crippen molar-refractivity contribution in [2.24, 2.45) is 10.8 Å². The highest BCUT2D eigenvalue weighted by atomic mass is 14.6. The molecule has 0 saturated carbocycles. The molecule has 0 fully saturated rings. The Labute approximate surface area is 312 Å². The first kappa shape index (κ1) is 32.0. The van der Waals surface area contributed by atoms with Crippen LogP contribution in [0.15, 0.2) is 158 Å². The molecule has 1 aliphatic carbocycles. The first-order valence-electron chi connectivity index (χ1n) is 19.1. The van der Waals surface area contributed by atoms with Crippen LogP contribution in [0.3, 0.4) is 0 Å². The molecule has 0 atom stereocenters. The van der Waals surface area contributed by atoms with E-state index in [4.69, 9.17) is 0 Å². The van der Waals surface area contributed by atoms with Crippen molar-refractivity contribution in [2.45, 2.75) is 47.0 Å². The van der Waals surface area contributed by atoms with E-state index >= 15 is 0 Å². The van der Waals surface area contributed by atoms with Crippen LogP contribution in [0.2, 0.25) is 0 Å². The average Bonchev–Trinajstić information content (AvgIpc) is 3.48. The molecule has 0 spiro atoms. The zero-order chi connectivity index (χ0) is 36.3. The van der Waals surface area contributed by atoms with Crippen LogP contribution < -0.4 is 0 Å². The van der Waals surface area contributed by atoms with Gasteiger partial charge in [-0.3, -0.25) is 0 Å². The van der Waals surface area contributed by atoms with Crippen LogP contribution >= 0.6 is 0 Å². The van der Waals surface area contributed by atoms with E-state index in [1.807, 2.05) is 0 Å². The summed E-state index contributed by atoms with van der Waals surface area (Å²) in [5, 5.41) is 13.1. The molecular formula is C53H44. The summed E-state index contributed by atoms with van der Waals surface area (Å²) in [6.45, 7) is 14.8. The van der Waals surface area contributed by atoms with Gasteiger partial charge in [0.05, 0.1) is 0 Å². The molecular weight excluding hydrogens is 637 g/mol. The van der Waals surface area contributed by atoms with Crippen LogP contribution in [0.5, 0.6) is 0 Å². The van der Waals surface area contributed by atoms with Gasteiger partial charge in [-0.25, -0.2) is 0 Å². The van der Waals surface area contributed by atoms with Crippen LogP contribution in [0.25, 0.3) is 87.2 Å². The van der Waals surface area contributed by atoms with Crippen molar-refractivity contribution >= 4 is 53.9 Å². The van der Waals surface area contributed by atoms with Gasteiger partial charge in [-0.1, -0.05) is 181 Å². The van der Waals surface area contributed by atoms with Gasteiger partial charge in [0, 0.05) is 5.41 Å². The fourth-order valence-corrected chi connectivity index (χ4v) is 10.9. The Morgan fingerprint density at radius 3 is 1.34 bits per heavy atom. The van der Waals surface area contributed by atoms with Crippen molar-refractivity contribution in [3.05, 3.63) is 169 Å². The van der Waals surface area contributed by atoms with Crippen LogP contribution in [-0.2, 0) is 5.41 Å². The summed E-state index contributed by atoms with van der Waals surface area (Å²) in [5.41, 5.74) is 10.4. The summed E-state index contributed by atoms with van der Waals surface area (Å²) in [4.78, 5) is 0. The van der Waals surface area contributed by atoms with Crippen molar-refractivity contribution in [1.29, 1.82) is 0 Å². The van der Waals surface area contributed by atoms with E-state index in [0.29, 0.717) is 0 Å². The Hall–Kier alpha value is -5.72. The third-order valence-electron chi connectivity index (χ3n) is 12.5. The molecule has 53 heavy (non-hydrogen) atoms. The van der Waals surface area contributed by atoms with E-state index in [1.165, 1.54) is 98.4 Å². The molecule has 0 nitrogen and oxygen atoms in total. The molecule has 0 amide bonds. The van der Waals surface area contributed by atoms with Crippen LogP contribution in [0.1, 0.15) is 52.7 Å². The molecule has 9 aromatic rings. The fourth-order valence-electron chi connectivity index (χ4n) is 10.9. The molecule has 0 aliphatic heterocycles. The van der Waals surface area contributed by atoms with Crippen molar-refractivity contribution in [3.8, 4) is 33.4 Å². The van der Waals surface area contributed by atoms with Crippen molar-refractivity contribution in [2.75, 3.05) is 0 Å². The predicted molar refractivity (Wildman–Crippen MR) is 230 cm³/mol. The first-order chi connectivity index (χ1) is 25.6. The zero-order valence-corrected chi connectivity index (χ0v) is 31.5. The van der Waals surface area contributed by atoms with E-state index in [2.05, 4.69) is 199 Å². The standard InChI is InChI=1S/C53H44/c1-51(2,3)53(52(4,5)6)46-32-35-21-11-10-20-34(35)30-45(46)49-38-23-13-12-22-37(38)44-31-36(28-29-43(44)50(49)53)48-41-26-16-14-24-39(41)47(33-18-8-7-9-19-33)40-25-15-17-27-42(40)48/h7-32H,1-6H3. The van der Waals surface area contributed by atoms with Gasteiger partial charge in [-0.15, -0.1) is 0 Å². The summed E-state index contributed by atoms with van der Waals surface area (Å²) < 4.78 is 0. The third-order valence-corrected chi connectivity index (χ3v) is 12.5. The Kier molecular flexibility index (Phi) is 6.72. The molecule has 9 aromatic carbocycles. The second kappa shape index (κ2) is 11.1. The minimum atomic E-state index is -0.255. The monoisotopic (exact) mass is 680 g/mol. The van der Waals surface area contributed by atoms with Gasteiger partial charge in [0.1, 0.15) is 0 Å². The van der Waals surface area contributed by atoms with Gasteiger partial charge in [-0.05, 0) is 127 Å². The molecule has 0 saturated heterocycles. The van der Waals surface area contributed by atoms with E-state index in [0.717, 1.165) is 0 Å². The number of hydrogen-bond donors (Lipinski definition) is 0. The van der Waals surface area contributed by atoms with Crippen molar-refractivity contribution in [1.82, 2.24) is 0 Å². The van der Waals surface area contributed by atoms with Gasteiger partial charge < -0.3 is 0 Å². The molecule has 0 heterocycles. The van der Waals surface area contributed by atoms with E-state index in [1.54, 1.807) is 0 Å². The van der Waals surface area contributed by atoms with Gasteiger partial charge in [0.25, 0.3) is 0 Å². The number of benzene rings is 9. The van der Waals surface area contributed by atoms with Crippen molar-refractivity contribution in [3.63, 3.8) is 0 Å². The lowest BCUT2D eigenvalue weighted by molar-refractivity contribution is 0.0965. The minimum absolute atomic E-state index is 0.0819. The zero-order valence-electron chi connectivity index (χ0n) is 31.5. The van der Waals surface area contributed by atoms with Gasteiger partial charge in [0.15, 0.2) is 0 Å². The number of hydrogen-bond acceptors (Lipinski definition) is 0. The van der Waals surface area contributed by atoms with E-state index in [-0.39, 0.29) is 16.2 Å². The summed E-state index contributed by atoms with van der Waals surface area (Å²) in [7, 11) is 0. The molecule has 0 aromatic heterocycles. The second-order valence-corrected chi connectivity index (χ2v) is 17.3. The molecule has 256 valence electrons. The SMILES string of the molecule is CC(C)(C)C1(C(C)(C)C)c2cc3ccccc3cc2-c2c1c1ccc(-c3c4ccccc4c(-c4ccccc4)c4ccccc34)cc1c1ccccc21. The Bertz CT molecular complexity index is 2870. The lowest BCUT2D eigenvalue weighted by Crippen LogP contribution is -2.50.